The zero-order chi connectivity index (χ0) is 21.6. The van der Waals surface area contributed by atoms with E-state index in [4.69, 9.17) is 9.47 Å². The molecule has 0 spiro atoms. The van der Waals surface area contributed by atoms with Crippen LogP contribution in [0.3, 0.4) is 0 Å². The molecule has 4 rings (SSSR count). The Bertz CT molecular complexity index is 864. The molecule has 1 fully saturated rings. The summed E-state index contributed by atoms with van der Waals surface area (Å²) in [7, 11) is 0. The summed E-state index contributed by atoms with van der Waals surface area (Å²) < 4.78 is 11.3. The number of nitrogens with one attached hydrogen (secondary N) is 1. The van der Waals surface area contributed by atoms with E-state index in [0.29, 0.717) is 19.8 Å². The van der Waals surface area contributed by atoms with Crippen LogP contribution in [0.2, 0.25) is 0 Å². The Labute approximate surface area is 185 Å². The molecule has 1 unspecified atom stereocenters. The van der Waals surface area contributed by atoms with Gasteiger partial charge in [-0.15, -0.1) is 0 Å². The molecule has 6 nitrogen and oxygen atoms in total. The van der Waals surface area contributed by atoms with E-state index in [2.05, 4.69) is 59.3 Å². The van der Waals surface area contributed by atoms with Crippen LogP contribution >= 0.6 is 0 Å². The van der Waals surface area contributed by atoms with Gasteiger partial charge >= 0.3 is 0 Å². The van der Waals surface area contributed by atoms with Crippen LogP contribution < -0.4 is 14.8 Å². The SMILES string of the molecule is CC(C)C(NC(=O)CN1CCN(Cc2ccccc2)CC1)c1ccc2c(c1)OCCO2. The van der Waals surface area contributed by atoms with Crippen LogP contribution in [-0.4, -0.2) is 61.6 Å². The van der Waals surface area contributed by atoms with Crippen LogP contribution in [0.5, 0.6) is 11.5 Å². The lowest BCUT2D eigenvalue weighted by atomic mass is 9.95. The van der Waals surface area contributed by atoms with Gasteiger partial charge in [0.25, 0.3) is 0 Å². The summed E-state index contributed by atoms with van der Waals surface area (Å²) in [6.07, 6.45) is 0. The largest absolute Gasteiger partial charge is 0.486 e. The number of nitrogens with zero attached hydrogens (tertiary/aromatic N) is 2. The molecule has 0 bridgehead atoms. The lowest BCUT2D eigenvalue weighted by Gasteiger charge is -2.34. The summed E-state index contributed by atoms with van der Waals surface area (Å²) in [6, 6.07) is 16.5. The zero-order valence-corrected chi connectivity index (χ0v) is 18.5. The standard InChI is InChI=1S/C25H33N3O3/c1-19(2)25(21-8-9-22-23(16-21)31-15-14-30-22)26-24(29)18-28-12-10-27(11-13-28)17-20-6-4-3-5-7-20/h3-9,16,19,25H,10-15,17-18H2,1-2H3,(H,26,29). The predicted molar refractivity (Wildman–Crippen MR) is 121 cm³/mol. The number of benzene rings is 2. The first-order valence-corrected chi connectivity index (χ1v) is 11.3. The molecular weight excluding hydrogens is 390 g/mol. The Morgan fingerprint density at radius 2 is 1.61 bits per heavy atom. The van der Waals surface area contributed by atoms with Crippen molar-refractivity contribution in [1.82, 2.24) is 15.1 Å². The molecule has 2 aliphatic rings. The Balaban J connectivity index is 1.29. The van der Waals surface area contributed by atoms with Gasteiger partial charge in [-0.1, -0.05) is 50.2 Å². The van der Waals surface area contributed by atoms with Crippen LogP contribution in [0.15, 0.2) is 48.5 Å². The van der Waals surface area contributed by atoms with Gasteiger partial charge in [0.1, 0.15) is 13.2 Å². The fraction of sp³-hybridized carbons (Fsp3) is 0.480. The van der Waals surface area contributed by atoms with E-state index in [1.165, 1.54) is 5.56 Å². The molecule has 1 N–H and O–H groups in total. The lowest BCUT2D eigenvalue weighted by Crippen LogP contribution is -2.49. The first-order valence-electron chi connectivity index (χ1n) is 11.3. The van der Waals surface area contributed by atoms with Crippen LogP contribution in [0.4, 0.5) is 0 Å². The number of hydrogen-bond acceptors (Lipinski definition) is 5. The molecule has 2 aromatic rings. The molecule has 1 atom stereocenters. The summed E-state index contributed by atoms with van der Waals surface area (Å²) in [4.78, 5) is 17.5. The fourth-order valence-corrected chi connectivity index (χ4v) is 4.26. The number of carbonyl (C=O) groups is 1. The van der Waals surface area contributed by atoms with Crippen molar-refractivity contribution in [2.45, 2.75) is 26.4 Å². The third kappa shape index (κ3) is 5.77. The van der Waals surface area contributed by atoms with Gasteiger partial charge in [-0.3, -0.25) is 14.6 Å². The molecule has 1 saturated heterocycles. The predicted octanol–water partition coefficient (Wildman–Crippen LogP) is 3.09. The van der Waals surface area contributed by atoms with Gasteiger partial charge in [0.2, 0.25) is 5.91 Å². The van der Waals surface area contributed by atoms with Gasteiger partial charge in [0, 0.05) is 32.7 Å². The van der Waals surface area contributed by atoms with Gasteiger partial charge in [0.05, 0.1) is 12.6 Å². The molecule has 0 radical (unpaired) electrons. The smallest absolute Gasteiger partial charge is 0.234 e. The second-order valence-electron chi connectivity index (χ2n) is 8.73. The maximum Gasteiger partial charge on any atom is 0.234 e. The molecule has 1 amide bonds. The Morgan fingerprint density at radius 3 is 2.32 bits per heavy atom. The van der Waals surface area contributed by atoms with Crippen LogP contribution in [0.1, 0.15) is 31.0 Å². The minimum Gasteiger partial charge on any atom is -0.486 e. The van der Waals surface area contributed by atoms with E-state index >= 15 is 0 Å². The molecular formula is C25H33N3O3. The van der Waals surface area contributed by atoms with Gasteiger partial charge < -0.3 is 14.8 Å². The van der Waals surface area contributed by atoms with Crippen molar-refractivity contribution in [1.29, 1.82) is 0 Å². The summed E-state index contributed by atoms with van der Waals surface area (Å²) in [5, 5.41) is 3.25. The number of fused-ring (bicyclic) bond motifs is 1. The third-order valence-corrected chi connectivity index (χ3v) is 5.99. The van der Waals surface area contributed by atoms with Crippen molar-refractivity contribution >= 4 is 5.91 Å². The van der Waals surface area contributed by atoms with E-state index in [1.54, 1.807) is 0 Å². The van der Waals surface area contributed by atoms with Crippen molar-refractivity contribution in [3.63, 3.8) is 0 Å². The molecule has 6 heteroatoms. The van der Waals surface area contributed by atoms with Gasteiger partial charge in [0.15, 0.2) is 11.5 Å². The number of hydrogen-bond donors (Lipinski definition) is 1. The van der Waals surface area contributed by atoms with Crippen molar-refractivity contribution in [2.24, 2.45) is 5.92 Å². The Morgan fingerprint density at radius 1 is 0.935 bits per heavy atom. The van der Waals surface area contributed by atoms with Gasteiger partial charge in [-0.25, -0.2) is 0 Å². The Kier molecular flexibility index (Phi) is 7.10. The van der Waals surface area contributed by atoms with Gasteiger partial charge in [-0.05, 0) is 29.2 Å². The first-order chi connectivity index (χ1) is 15.1. The van der Waals surface area contributed by atoms with Crippen LogP contribution in [0, 0.1) is 5.92 Å². The van der Waals surface area contributed by atoms with E-state index in [0.717, 1.165) is 49.8 Å². The summed E-state index contributed by atoms with van der Waals surface area (Å²) in [5.41, 5.74) is 2.40. The molecule has 0 saturated carbocycles. The average molecular weight is 424 g/mol. The zero-order valence-electron chi connectivity index (χ0n) is 18.5. The van der Waals surface area contributed by atoms with Crippen molar-refractivity contribution in [2.75, 3.05) is 45.9 Å². The molecule has 166 valence electrons. The highest BCUT2D eigenvalue weighted by Gasteiger charge is 2.24. The van der Waals surface area contributed by atoms with E-state index in [-0.39, 0.29) is 17.9 Å². The first kappa shape index (κ1) is 21.7. The lowest BCUT2D eigenvalue weighted by molar-refractivity contribution is -0.123. The highest BCUT2D eigenvalue weighted by Crippen LogP contribution is 2.34. The Hall–Kier alpha value is -2.57. The quantitative estimate of drug-likeness (QED) is 0.742. The van der Waals surface area contributed by atoms with E-state index < -0.39 is 0 Å². The average Bonchev–Trinajstić information content (AvgIpc) is 2.79. The minimum atomic E-state index is -0.0531. The van der Waals surface area contributed by atoms with E-state index in [1.807, 2.05) is 18.2 Å². The highest BCUT2D eigenvalue weighted by molar-refractivity contribution is 5.78. The summed E-state index contributed by atoms with van der Waals surface area (Å²) in [6.45, 7) is 10.6. The monoisotopic (exact) mass is 423 g/mol. The van der Waals surface area contributed by atoms with Crippen molar-refractivity contribution < 1.29 is 14.3 Å². The number of piperazine rings is 1. The maximum atomic E-state index is 12.8. The number of carbonyl (C=O) groups excluding carboxylic acids is 1. The molecule has 31 heavy (non-hydrogen) atoms. The second-order valence-corrected chi connectivity index (χ2v) is 8.73. The molecule has 0 aromatic heterocycles. The number of amides is 1. The summed E-state index contributed by atoms with van der Waals surface area (Å²) >= 11 is 0. The van der Waals surface area contributed by atoms with Crippen LogP contribution in [-0.2, 0) is 11.3 Å². The number of ether oxygens (including phenoxy) is 2. The molecule has 0 aliphatic carbocycles. The van der Waals surface area contributed by atoms with Gasteiger partial charge in [-0.2, -0.15) is 0 Å². The van der Waals surface area contributed by atoms with Crippen LogP contribution in [0.25, 0.3) is 0 Å². The molecule has 2 aliphatic heterocycles. The van der Waals surface area contributed by atoms with Crippen molar-refractivity contribution in [3.05, 3.63) is 59.7 Å². The fourth-order valence-electron chi connectivity index (χ4n) is 4.26. The van der Waals surface area contributed by atoms with E-state index in [9.17, 15) is 4.79 Å². The minimum absolute atomic E-state index is 0.0531. The number of rotatable bonds is 7. The highest BCUT2D eigenvalue weighted by atomic mass is 16.6. The third-order valence-electron chi connectivity index (χ3n) is 5.99. The maximum absolute atomic E-state index is 12.8. The molecule has 2 heterocycles. The topological polar surface area (TPSA) is 54.0 Å². The molecule has 2 aromatic carbocycles. The summed E-state index contributed by atoms with van der Waals surface area (Å²) in [5.74, 6) is 1.88. The van der Waals surface area contributed by atoms with Crippen molar-refractivity contribution in [3.8, 4) is 11.5 Å². The second kappa shape index (κ2) is 10.2. The normalized spacial score (nSPS) is 18.0.